The van der Waals surface area contributed by atoms with E-state index in [2.05, 4.69) is 24.3 Å². The van der Waals surface area contributed by atoms with Crippen molar-refractivity contribution in [2.45, 2.75) is 12.8 Å². The minimum atomic E-state index is -0.281. The summed E-state index contributed by atoms with van der Waals surface area (Å²) in [6.45, 7) is 0. The zero-order valence-electron chi connectivity index (χ0n) is 10.0. The van der Waals surface area contributed by atoms with Crippen molar-refractivity contribution in [3.05, 3.63) is 24.3 Å². The molecule has 90 valence electrons. The van der Waals surface area contributed by atoms with Crippen LogP contribution in [-0.2, 0) is 9.59 Å². The highest BCUT2D eigenvalue weighted by atomic mass is 16.1. The Bertz CT molecular complexity index is 529. The van der Waals surface area contributed by atoms with Crippen molar-refractivity contribution in [2.24, 2.45) is 46.3 Å². The van der Waals surface area contributed by atoms with E-state index in [4.69, 9.17) is 0 Å². The molecule has 7 rings (SSSR count). The topological polar surface area (TPSA) is 34.1 Å². The molecule has 2 nitrogen and oxygen atoms in total. The summed E-state index contributed by atoms with van der Waals surface area (Å²) >= 11 is 0. The first kappa shape index (κ1) is 8.84. The molecule has 7 aliphatic rings. The molecule has 5 saturated carbocycles. The van der Waals surface area contributed by atoms with Crippen molar-refractivity contribution in [1.82, 2.24) is 0 Å². The number of Topliss-reactive ketones (excluding diaryl/α,β-unsaturated/α-hetero) is 2. The smallest absolute Gasteiger partial charge is 0.141 e. The summed E-state index contributed by atoms with van der Waals surface area (Å²) in [5, 5.41) is 0. The second kappa shape index (κ2) is 2.09. The molecular weight excluding hydrogens is 224 g/mol. The molecular formula is C16H14O2. The van der Waals surface area contributed by atoms with E-state index in [1.807, 2.05) is 0 Å². The van der Waals surface area contributed by atoms with E-state index in [1.54, 1.807) is 0 Å². The molecule has 4 unspecified atom stereocenters. The highest BCUT2D eigenvalue weighted by Gasteiger charge is 2.92. The quantitative estimate of drug-likeness (QED) is 0.603. The summed E-state index contributed by atoms with van der Waals surface area (Å²) in [4.78, 5) is 25.6. The molecule has 0 heterocycles. The largest absolute Gasteiger partial charge is 0.299 e. The molecule has 0 saturated heterocycles. The number of rotatable bonds is 0. The monoisotopic (exact) mass is 238 g/mol. The van der Waals surface area contributed by atoms with Crippen LogP contribution in [0.5, 0.6) is 0 Å². The van der Waals surface area contributed by atoms with Gasteiger partial charge in [-0.2, -0.15) is 0 Å². The van der Waals surface area contributed by atoms with Gasteiger partial charge in [0.2, 0.25) is 0 Å². The molecule has 18 heavy (non-hydrogen) atoms. The van der Waals surface area contributed by atoms with Crippen molar-refractivity contribution in [1.29, 1.82) is 0 Å². The van der Waals surface area contributed by atoms with Crippen LogP contribution in [0.2, 0.25) is 0 Å². The highest BCUT2D eigenvalue weighted by molar-refractivity contribution is 6.06. The maximum atomic E-state index is 12.8. The third-order valence-corrected chi connectivity index (χ3v) is 7.44. The molecule has 8 bridgehead atoms. The predicted molar refractivity (Wildman–Crippen MR) is 63.3 cm³/mol. The molecule has 0 amide bonds. The van der Waals surface area contributed by atoms with Crippen LogP contribution in [0.4, 0.5) is 0 Å². The minimum absolute atomic E-state index is 0.281. The van der Waals surface area contributed by atoms with Gasteiger partial charge in [-0.1, -0.05) is 24.3 Å². The molecule has 7 aliphatic carbocycles. The Kier molecular flexibility index (Phi) is 1.02. The fraction of sp³-hybridized carbons (Fsp3) is 0.625. The first-order valence-corrected chi connectivity index (χ1v) is 7.19. The van der Waals surface area contributed by atoms with Crippen LogP contribution in [0.3, 0.4) is 0 Å². The number of hydrogen-bond donors (Lipinski definition) is 0. The first-order chi connectivity index (χ1) is 8.75. The Labute approximate surface area is 105 Å². The van der Waals surface area contributed by atoms with Crippen molar-refractivity contribution in [3.8, 4) is 0 Å². The van der Waals surface area contributed by atoms with Gasteiger partial charge in [-0.05, 0) is 35.5 Å². The van der Waals surface area contributed by atoms with Crippen molar-refractivity contribution in [2.75, 3.05) is 0 Å². The number of carbonyl (C=O) groups is 2. The lowest BCUT2D eigenvalue weighted by Crippen LogP contribution is -2.60. The average Bonchev–Trinajstić information content (AvgIpc) is 3.09. The SMILES string of the molecule is O=C1CCC(=O)C23[C@H]4C=C[C@@H]5C4C4[C@H](C=C[C@@H]42)C153. The number of carbonyl (C=O) groups excluding carboxylic acids is 2. The Morgan fingerprint density at radius 1 is 0.722 bits per heavy atom. The van der Waals surface area contributed by atoms with Gasteiger partial charge in [-0.15, -0.1) is 0 Å². The lowest BCUT2D eigenvalue weighted by molar-refractivity contribution is -0.159. The number of ketones is 2. The zero-order valence-corrected chi connectivity index (χ0v) is 10.0. The van der Waals surface area contributed by atoms with E-state index in [-0.39, 0.29) is 10.8 Å². The van der Waals surface area contributed by atoms with Gasteiger partial charge in [0, 0.05) is 12.8 Å². The Morgan fingerprint density at radius 3 is 1.39 bits per heavy atom. The van der Waals surface area contributed by atoms with E-state index < -0.39 is 0 Å². The van der Waals surface area contributed by atoms with E-state index in [0.29, 0.717) is 59.9 Å². The van der Waals surface area contributed by atoms with Gasteiger partial charge in [0.05, 0.1) is 10.8 Å². The maximum Gasteiger partial charge on any atom is 0.141 e. The van der Waals surface area contributed by atoms with Gasteiger partial charge in [0.1, 0.15) is 11.6 Å². The third kappa shape index (κ3) is 0.456. The molecule has 0 radical (unpaired) electrons. The van der Waals surface area contributed by atoms with Crippen LogP contribution < -0.4 is 0 Å². The summed E-state index contributed by atoms with van der Waals surface area (Å²) in [5.74, 6) is 3.66. The molecule has 0 aliphatic heterocycles. The molecule has 2 heteroatoms. The Hall–Kier alpha value is -1.18. The maximum absolute atomic E-state index is 12.8. The first-order valence-electron chi connectivity index (χ1n) is 7.19. The number of hydrogen-bond acceptors (Lipinski definition) is 2. The van der Waals surface area contributed by atoms with Crippen LogP contribution in [0.25, 0.3) is 0 Å². The molecule has 8 atom stereocenters. The molecule has 0 aromatic rings. The third-order valence-electron chi connectivity index (χ3n) is 7.44. The second-order valence-corrected chi connectivity index (χ2v) is 7.11. The molecule has 5 fully saturated rings. The summed E-state index contributed by atoms with van der Waals surface area (Å²) in [7, 11) is 0. The van der Waals surface area contributed by atoms with Crippen molar-refractivity contribution in [3.63, 3.8) is 0 Å². The van der Waals surface area contributed by atoms with Gasteiger partial charge >= 0.3 is 0 Å². The van der Waals surface area contributed by atoms with E-state index in [9.17, 15) is 9.59 Å². The van der Waals surface area contributed by atoms with Crippen LogP contribution in [0.15, 0.2) is 24.3 Å². The minimum Gasteiger partial charge on any atom is -0.299 e. The zero-order chi connectivity index (χ0) is 11.9. The second-order valence-electron chi connectivity index (χ2n) is 7.11. The molecule has 0 N–H and O–H groups in total. The lowest BCUT2D eigenvalue weighted by atomic mass is 9.47. The average molecular weight is 238 g/mol. The van der Waals surface area contributed by atoms with Gasteiger partial charge < -0.3 is 0 Å². The van der Waals surface area contributed by atoms with Crippen molar-refractivity contribution < 1.29 is 9.59 Å². The number of allylic oxidation sites excluding steroid dienone is 4. The fourth-order valence-corrected chi connectivity index (χ4v) is 7.61. The summed E-state index contributed by atoms with van der Waals surface area (Å²) < 4.78 is 0. The molecule has 0 aromatic carbocycles. The van der Waals surface area contributed by atoms with Gasteiger partial charge in [-0.3, -0.25) is 9.59 Å². The standard InChI is InChI=1S/C16H14O2/c17-11-5-6-12(18)16-8-2-1-7-13(8)14-9(15(7,11)16)3-4-10(14)16/h1-4,7-10,13-14H,5-6H2/t7-,8-,9-,10+,13?,14?,15?,16?/m0/s1. The molecule has 2 spiro atoms. The Morgan fingerprint density at radius 2 is 1.06 bits per heavy atom. The Balaban J connectivity index is 1.82. The van der Waals surface area contributed by atoms with E-state index >= 15 is 0 Å². The normalized spacial score (nSPS) is 67.8. The van der Waals surface area contributed by atoms with Gasteiger partial charge in [0.25, 0.3) is 0 Å². The van der Waals surface area contributed by atoms with Gasteiger partial charge in [0.15, 0.2) is 0 Å². The van der Waals surface area contributed by atoms with Gasteiger partial charge in [-0.25, -0.2) is 0 Å². The van der Waals surface area contributed by atoms with Crippen LogP contribution in [-0.4, -0.2) is 11.6 Å². The molecule has 0 aromatic heterocycles. The van der Waals surface area contributed by atoms with Crippen LogP contribution >= 0.6 is 0 Å². The summed E-state index contributed by atoms with van der Waals surface area (Å²) in [6, 6.07) is 0. The van der Waals surface area contributed by atoms with Crippen molar-refractivity contribution >= 4 is 11.6 Å². The van der Waals surface area contributed by atoms with E-state index in [1.165, 1.54) is 0 Å². The predicted octanol–water partition coefficient (Wildman–Crippen LogP) is 1.77. The summed E-state index contributed by atoms with van der Waals surface area (Å²) in [6.07, 6.45) is 10.2. The van der Waals surface area contributed by atoms with Crippen LogP contribution in [0, 0.1) is 46.3 Å². The van der Waals surface area contributed by atoms with Crippen LogP contribution in [0.1, 0.15) is 12.8 Å². The fourth-order valence-electron chi connectivity index (χ4n) is 7.61. The summed E-state index contributed by atoms with van der Waals surface area (Å²) in [5.41, 5.74) is -0.562. The lowest BCUT2D eigenvalue weighted by Gasteiger charge is -2.53. The highest BCUT2D eigenvalue weighted by Crippen LogP contribution is 2.90. The van der Waals surface area contributed by atoms with E-state index in [0.717, 1.165) is 0 Å².